The first-order valence-electron chi connectivity index (χ1n) is 7.28. The average molecular weight is 283 g/mol. The van der Waals surface area contributed by atoms with Crippen LogP contribution in [-0.2, 0) is 5.88 Å². The number of ether oxygens (including phenoxy) is 2. The van der Waals surface area contributed by atoms with E-state index in [9.17, 15) is 0 Å². The predicted molar refractivity (Wildman–Crippen MR) is 79.2 cm³/mol. The summed E-state index contributed by atoms with van der Waals surface area (Å²) in [6.45, 7) is 3.43. The lowest BCUT2D eigenvalue weighted by atomic mass is 9.90. The Hall–Kier alpha value is -0.890. The molecule has 0 aliphatic heterocycles. The molecule has 0 aromatic heterocycles. The highest BCUT2D eigenvalue weighted by molar-refractivity contribution is 6.17. The lowest BCUT2D eigenvalue weighted by molar-refractivity contribution is 0.199. The standard InChI is InChI=1S/C16H23ClO2/c1-2-18-16-10-14(11-17)8-9-15(16)19-12-13-6-4-3-5-7-13/h8-10,13H,2-7,11-12H2,1H3. The summed E-state index contributed by atoms with van der Waals surface area (Å²) in [5.41, 5.74) is 1.06. The first-order valence-corrected chi connectivity index (χ1v) is 7.81. The van der Waals surface area contributed by atoms with Crippen LogP contribution in [0.15, 0.2) is 18.2 Å². The molecule has 19 heavy (non-hydrogen) atoms. The van der Waals surface area contributed by atoms with Crippen molar-refractivity contribution in [1.82, 2.24) is 0 Å². The molecule has 0 spiro atoms. The Labute approximate surface area is 121 Å². The van der Waals surface area contributed by atoms with E-state index >= 15 is 0 Å². The van der Waals surface area contributed by atoms with Crippen LogP contribution in [0.1, 0.15) is 44.6 Å². The van der Waals surface area contributed by atoms with Gasteiger partial charge in [-0.3, -0.25) is 0 Å². The van der Waals surface area contributed by atoms with Crippen molar-refractivity contribution in [2.75, 3.05) is 13.2 Å². The van der Waals surface area contributed by atoms with Gasteiger partial charge in [-0.25, -0.2) is 0 Å². The zero-order chi connectivity index (χ0) is 13.5. The number of alkyl halides is 1. The van der Waals surface area contributed by atoms with Gasteiger partial charge in [0.15, 0.2) is 11.5 Å². The Morgan fingerprint density at radius 1 is 1.11 bits per heavy atom. The lowest BCUT2D eigenvalue weighted by Gasteiger charge is -2.22. The van der Waals surface area contributed by atoms with Crippen molar-refractivity contribution < 1.29 is 9.47 Å². The Balaban J connectivity index is 1.97. The fraction of sp³-hybridized carbons (Fsp3) is 0.625. The summed E-state index contributed by atoms with van der Waals surface area (Å²) < 4.78 is 11.6. The van der Waals surface area contributed by atoms with Gasteiger partial charge in [0.2, 0.25) is 0 Å². The largest absolute Gasteiger partial charge is 0.490 e. The fourth-order valence-corrected chi connectivity index (χ4v) is 2.75. The van der Waals surface area contributed by atoms with E-state index in [1.54, 1.807) is 0 Å². The Bertz CT molecular complexity index is 386. The second-order valence-corrected chi connectivity index (χ2v) is 5.43. The van der Waals surface area contributed by atoms with Crippen LogP contribution in [0.3, 0.4) is 0 Å². The summed E-state index contributed by atoms with van der Waals surface area (Å²) in [5.74, 6) is 2.87. The van der Waals surface area contributed by atoms with Gasteiger partial charge < -0.3 is 9.47 Å². The van der Waals surface area contributed by atoms with Crippen molar-refractivity contribution >= 4 is 11.6 Å². The molecule has 1 aliphatic rings. The minimum Gasteiger partial charge on any atom is -0.490 e. The zero-order valence-corrected chi connectivity index (χ0v) is 12.4. The van der Waals surface area contributed by atoms with E-state index in [1.807, 2.05) is 25.1 Å². The van der Waals surface area contributed by atoms with Gasteiger partial charge in [0.05, 0.1) is 13.2 Å². The van der Waals surface area contributed by atoms with Crippen LogP contribution in [0.25, 0.3) is 0 Å². The third-order valence-electron chi connectivity index (χ3n) is 3.66. The van der Waals surface area contributed by atoms with Gasteiger partial charge >= 0.3 is 0 Å². The molecular formula is C16H23ClO2. The molecule has 0 saturated heterocycles. The van der Waals surface area contributed by atoms with Crippen LogP contribution in [0.2, 0.25) is 0 Å². The van der Waals surface area contributed by atoms with Gasteiger partial charge in [-0.2, -0.15) is 0 Å². The van der Waals surface area contributed by atoms with E-state index in [4.69, 9.17) is 21.1 Å². The quantitative estimate of drug-likeness (QED) is 0.699. The van der Waals surface area contributed by atoms with Crippen LogP contribution >= 0.6 is 11.6 Å². The van der Waals surface area contributed by atoms with E-state index in [2.05, 4.69) is 0 Å². The number of benzene rings is 1. The molecule has 106 valence electrons. The van der Waals surface area contributed by atoms with Gasteiger partial charge in [-0.1, -0.05) is 25.3 Å². The van der Waals surface area contributed by atoms with Crippen LogP contribution < -0.4 is 9.47 Å². The number of rotatable bonds is 6. The molecular weight excluding hydrogens is 260 g/mol. The van der Waals surface area contributed by atoms with Crippen LogP contribution in [0.5, 0.6) is 11.5 Å². The highest BCUT2D eigenvalue weighted by atomic mass is 35.5. The Morgan fingerprint density at radius 2 is 1.89 bits per heavy atom. The first-order chi connectivity index (χ1) is 9.33. The maximum atomic E-state index is 5.96. The second-order valence-electron chi connectivity index (χ2n) is 5.16. The maximum Gasteiger partial charge on any atom is 0.161 e. The van der Waals surface area contributed by atoms with Gasteiger partial charge in [-0.05, 0) is 43.4 Å². The van der Waals surface area contributed by atoms with E-state index in [0.717, 1.165) is 23.7 Å². The highest BCUT2D eigenvalue weighted by Crippen LogP contribution is 2.31. The van der Waals surface area contributed by atoms with Crippen LogP contribution in [0, 0.1) is 5.92 Å². The summed E-state index contributed by atoms with van der Waals surface area (Å²) in [6, 6.07) is 5.96. The normalized spacial score (nSPS) is 16.3. The van der Waals surface area contributed by atoms with E-state index < -0.39 is 0 Å². The Morgan fingerprint density at radius 3 is 2.58 bits per heavy atom. The smallest absolute Gasteiger partial charge is 0.161 e. The highest BCUT2D eigenvalue weighted by Gasteiger charge is 2.15. The predicted octanol–water partition coefficient (Wildman–Crippen LogP) is 4.78. The third kappa shape index (κ3) is 4.31. The number of hydrogen-bond acceptors (Lipinski definition) is 2. The van der Waals surface area contributed by atoms with E-state index in [1.165, 1.54) is 32.1 Å². The molecule has 0 radical (unpaired) electrons. The van der Waals surface area contributed by atoms with Gasteiger partial charge in [0.1, 0.15) is 0 Å². The van der Waals surface area contributed by atoms with Crippen LogP contribution in [0.4, 0.5) is 0 Å². The maximum absolute atomic E-state index is 5.96. The summed E-state index contributed by atoms with van der Waals surface area (Å²) in [4.78, 5) is 0. The molecule has 1 aromatic carbocycles. The molecule has 1 saturated carbocycles. The first kappa shape index (κ1) is 14.5. The Kier molecular flexibility index (Phi) is 5.84. The van der Waals surface area contributed by atoms with Crippen molar-refractivity contribution in [1.29, 1.82) is 0 Å². The molecule has 1 aromatic rings. The SMILES string of the molecule is CCOc1cc(CCl)ccc1OCC1CCCCC1. The zero-order valence-electron chi connectivity index (χ0n) is 11.7. The lowest BCUT2D eigenvalue weighted by Crippen LogP contribution is -2.15. The van der Waals surface area contributed by atoms with Gasteiger partial charge in [0.25, 0.3) is 0 Å². The van der Waals surface area contributed by atoms with Gasteiger partial charge in [-0.15, -0.1) is 11.6 Å². The van der Waals surface area contributed by atoms with Crippen LogP contribution in [-0.4, -0.2) is 13.2 Å². The molecule has 0 bridgehead atoms. The van der Waals surface area contributed by atoms with Crippen molar-refractivity contribution in [3.63, 3.8) is 0 Å². The summed E-state index contributed by atoms with van der Waals surface area (Å²) in [7, 11) is 0. The third-order valence-corrected chi connectivity index (χ3v) is 3.97. The molecule has 0 atom stereocenters. The minimum atomic E-state index is 0.503. The molecule has 2 rings (SSSR count). The molecule has 0 amide bonds. The number of halogens is 1. The summed E-state index contributed by atoms with van der Waals surface area (Å²) in [6.07, 6.45) is 6.66. The van der Waals surface area contributed by atoms with Crippen molar-refractivity contribution in [2.45, 2.75) is 44.9 Å². The molecule has 2 nitrogen and oxygen atoms in total. The molecule has 1 aliphatic carbocycles. The van der Waals surface area contributed by atoms with Crippen molar-refractivity contribution in [3.8, 4) is 11.5 Å². The summed E-state index contributed by atoms with van der Waals surface area (Å²) in [5, 5.41) is 0. The van der Waals surface area contributed by atoms with E-state index in [-0.39, 0.29) is 0 Å². The molecule has 0 heterocycles. The minimum absolute atomic E-state index is 0.503. The average Bonchev–Trinajstić information content (AvgIpc) is 2.47. The number of hydrogen-bond donors (Lipinski definition) is 0. The topological polar surface area (TPSA) is 18.5 Å². The molecule has 1 fully saturated rings. The monoisotopic (exact) mass is 282 g/mol. The van der Waals surface area contributed by atoms with Crippen molar-refractivity contribution in [3.05, 3.63) is 23.8 Å². The molecule has 0 unspecified atom stereocenters. The van der Waals surface area contributed by atoms with E-state index in [0.29, 0.717) is 18.4 Å². The fourth-order valence-electron chi connectivity index (χ4n) is 2.58. The molecule has 3 heteroatoms. The second kappa shape index (κ2) is 7.64. The summed E-state index contributed by atoms with van der Waals surface area (Å²) >= 11 is 5.85. The molecule has 0 N–H and O–H groups in total. The van der Waals surface area contributed by atoms with Gasteiger partial charge in [0, 0.05) is 5.88 Å². The van der Waals surface area contributed by atoms with Crippen molar-refractivity contribution in [2.24, 2.45) is 5.92 Å².